The predicted molar refractivity (Wildman–Crippen MR) is 138 cm³/mol. The van der Waals surface area contributed by atoms with Gasteiger partial charge in [-0.15, -0.1) is 0 Å². The van der Waals surface area contributed by atoms with E-state index in [2.05, 4.69) is 43.3 Å². The molecule has 162 valence electrons. The second-order valence-corrected chi connectivity index (χ2v) is 8.39. The third kappa shape index (κ3) is 3.30. The van der Waals surface area contributed by atoms with Crippen LogP contribution in [0.5, 0.6) is 5.75 Å². The molecule has 1 aromatic heterocycles. The summed E-state index contributed by atoms with van der Waals surface area (Å²) in [6.45, 7) is 2.06. The lowest BCUT2D eigenvalue weighted by atomic mass is 9.93. The minimum absolute atomic E-state index is 0.390. The smallest absolute Gasteiger partial charge is 0.343 e. The number of pyridine rings is 1. The van der Waals surface area contributed by atoms with Gasteiger partial charge in [-0.1, -0.05) is 91.0 Å². The zero-order valence-corrected chi connectivity index (χ0v) is 18.7. The number of aromatic nitrogens is 1. The fourth-order valence-electron chi connectivity index (χ4n) is 4.63. The zero-order chi connectivity index (χ0) is 23.1. The molecule has 6 rings (SSSR count). The van der Waals surface area contributed by atoms with Crippen molar-refractivity contribution in [2.75, 3.05) is 0 Å². The van der Waals surface area contributed by atoms with Gasteiger partial charge in [0.1, 0.15) is 5.75 Å². The average Bonchev–Trinajstić information content (AvgIpc) is 2.89. The van der Waals surface area contributed by atoms with Crippen LogP contribution in [0.15, 0.2) is 109 Å². The van der Waals surface area contributed by atoms with E-state index in [0.29, 0.717) is 11.3 Å². The summed E-state index contributed by atoms with van der Waals surface area (Å²) in [4.78, 5) is 18.3. The molecule has 0 fully saturated rings. The summed E-state index contributed by atoms with van der Waals surface area (Å²) >= 11 is 0. The van der Waals surface area contributed by atoms with Crippen LogP contribution < -0.4 is 4.74 Å². The molecule has 6 aromatic rings. The van der Waals surface area contributed by atoms with Gasteiger partial charge in [0.2, 0.25) is 0 Å². The van der Waals surface area contributed by atoms with E-state index in [9.17, 15) is 4.79 Å². The molecule has 0 radical (unpaired) electrons. The Morgan fingerprint density at radius 1 is 0.647 bits per heavy atom. The molecule has 34 heavy (non-hydrogen) atoms. The van der Waals surface area contributed by atoms with Gasteiger partial charge in [0.15, 0.2) is 0 Å². The van der Waals surface area contributed by atoms with Gasteiger partial charge >= 0.3 is 5.97 Å². The fraction of sp³-hybridized carbons (Fsp3) is 0.0323. The molecule has 0 aliphatic carbocycles. The van der Waals surface area contributed by atoms with E-state index in [4.69, 9.17) is 9.72 Å². The first-order valence-electron chi connectivity index (χ1n) is 11.3. The van der Waals surface area contributed by atoms with E-state index < -0.39 is 0 Å². The maximum atomic E-state index is 13.2. The van der Waals surface area contributed by atoms with Crippen LogP contribution in [0, 0.1) is 6.92 Å². The van der Waals surface area contributed by atoms with Crippen molar-refractivity contribution in [2.24, 2.45) is 0 Å². The molecule has 3 nitrogen and oxygen atoms in total. The quantitative estimate of drug-likeness (QED) is 0.161. The third-order valence-electron chi connectivity index (χ3n) is 6.27. The lowest BCUT2D eigenvalue weighted by Gasteiger charge is -2.17. The Hall–Kier alpha value is -4.50. The normalized spacial score (nSPS) is 11.2. The Labute approximate surface area is 197 Å². The van der Waals surface area contributed by atoms with Gasteiger partial charge in [0.25, 0.3) is 0 Å². The number of esters is 1. The molecule has 0 N–H and O–H groups in total. The van der Waals surface area contributed by atoms with Gasteiger partial charge in [0, 0.05) is 10.8 Å². The standard InChI is InChI=1S/C31H21NO2/c1-20-10-9-13-21-18-19-27(32-29(20)21)28-25-16-7-5-14-23(25)24-15-6-8-17-26(24)30(28)34-31(33)22-11-3-2-4-12-22/h2-19H,1H3. The summed E-state index contributed by atoms with van der Waals surface area (Å²) in [5.74, 6) is 0.142. The third-order valence-corrected chi connectivity index (χ3v) is 6.27. The van der Waals surface area contributed by atoms with Crippen LogP contribution in [-0.2, 0) is 0 Å². The van der Waals surface area contributed by atoms with Crippen LogP contribution >= 0.6 is 0 Å². The summed E-state index contributed by atoms with van der Waals surface area (Å²) in [7, 11) is 0. The number of aryl methyl sites for hydroxylation is 1. The van der Waals surface area contributed by atoms with Gasteiger partial charge < -0.3 is 4.74 Å². The minimum Gasteiger partial charge on any atom is -0.422 e. The van der Waals surface area contributed by atoms with Crippen molar-refractivity contribution in [1.29, 1.82) is 0 Å². The number of fused-ring (bicyclic) bond motifs is 4. The van der Waals surface area contributed by atoms with Crippen molar-refractivity contribution >= 4 is 38.4 Å². The van der Waals surface area contributed by atoms with E-state index in [1.54, 1.807) is 12.1 Å². The Bertz CT molecular complexity index is 1700. The van der Waals surface area contributed by atoms with Crippen molar-refractivity contribution in [3.63, 3.8) is 0 Å². The molecule has 5 aromatic carbocycles. The summed E-state index contributed by atoms with van der Waals surface area (Å²) < 4.78 is 6.17. The van der Waals surface area contributed by atoms with Crippen molar-refractivity contribution in [3.8, 4) is 17.0 Å². The molecule has 0 saturated heterocycles. The number of benzene rings is 5. The average molecular weight is 440 g/mol. The molecule has 0 unspecified atom stereocenters. The first-order valence-corrected chi connectivity index (χ1v) is 11.3. The lowest BCUT2D eigenvalue weighted by Crippen LogP contribution is -2.10. The number of ether oxygens (including phenoxy) is 1. The largest absolute Gasteiger partial charge is 0.422 e. The first-order chi connectivity index (χ1) is 16.7. The molecule has 0 saturated carbocycles. The Balaban J connectivity index is 1.69. The predicted octanol–water partition coefficient (Wildman–Crippen LogP) is 7.74. The second kappa shape index (κ2) is 8.13. The second-order valence-electron chi connectivity index (χ2n) is 8.39. The van der Waals surface area contributed by atoms with E-state index in [-0.39, 0.29) is 5.97 Å². The molecule has 0 atom stereocenters. The number of rotatable bonds is 3. The number of hydrogen-bond acceptors (Lipinski definition) is 3. The molecule has 0 spiro atoms. The number of nitrogens with zero attached hydrogens (tertiary/aromatic N) is 1. The SMILES string of the molecule is Cc1cccc2ccc(-c3c(OC(=O)c4ccccc4)c4ccccc4c4ccccc34)nc12. The number of hydrogen-bond donors (Lipinski definition) is 0. The summed E-state index contributed by atoms with van der Waals surface area (Å²) in [5.41, 5.74) is 4.15. The van der Waals surface area contributed by atoms with Crippen LogP contribution in [-0.4, -0.2) is 11.0 Å². The van der Waals surface area contributed by atoms with Crippen molar-refractivity contribution in [1.82, 2.24) is 4.98 Å². The van der Waals surface area contributed by atoms with Crippen LogP contribution in [0.3, 0.4) is 0 Å². The molecule has 0 aliphatic rings. The minimum atomic E-state index is -0.390. The molecule has 3 heteroatoms. The summed E-state index contributed by atoms with van der Waals surface area (Å²) in [6, 6.07) is 35.6. The highest BCUT2D eigenvalue weighted by Crippen LogP contribution is 2.44. The molecule has 0 aliphatic heterocycles. The van der Waals surface area contributed by atoms with Crippen molar-refractivity contribution in [2.45, 2.75) is 6.92 Å². The number of carbonyl (C=O) groups is 1. The van der Waals surface area contributed by atoms with Gasteiger partial charge in [-0.05, 0) is 46.8 Å². The van der Waals surface area contributed by atoms with Gasteiger partial charge in [0.05, 0.1) is 22.3 Å². The van der Waals surface area contributed by atoms with E-state index in [1.807, 2.05) is 60.7 Å². The van der Waals surface area contributed by atoms with E-state index in [0.717, 1.165) is 49.3 Å². The molecular formula is C31H21NO2. The fourth-order valence-corrected chi connectivity index (χ4v) is 4.63. The van der Waals surface area contributed by atoms with Crippen molar-refractivity contribution < 1.29 is 9.53 Å². The van der Waals surface area contributed by atoms with Crippen LogP contribution in [0.1, 0.15) is 15.9 Å². The van der Waals surface area contributed by atoms with E-state index in [1.165, 1.54) is 0 Å². The van der Waals surface area contributed by atoms with E-state index >= 15 is 0 Å². The topological polar surface area (TPSA) is 39.2 Å². The monoisotopic (exact) mass is 439 g/mol. The summed E-state index contributed by atoms with van der Waals surface area (Å²) in [6.07, 6.45) is 0. The van der Waals surface area contributed by atoms with Gasteiger partial charge in [-0.3, -0.25) is 0 Å². The number of para-hydroxylation sites is 1. The first kappa shape index (κ1) is 20.1. The number of carbonyl (C=O) groups excluding carboxylic acids is 1. The Kier molecular flexibility index (Phi) is 4.81. The maximum Gasteiger partial charge on any atom is 0.343 e. The molecule has 0 bridgehead atoms. The van der Waals surface area contributed by atoms with Crippen LogP contribution in [0.25, 0.3) is 43.7 Å². The molecular weight excluding hydrogens is 418 g/mol. The van der Waals surface area contributed by atoms with Crippen molar-refractivity contribution in [3.05, 3.63) is 120 Å². The Morgan fingerprint density at radius 3 is 2.06 bits per heavy atom. The molecule has 0 amide bonds. The lowest BCUT2D eigenvalue weighted by molar-refractivity contribution is 0.0738. The highest BCUT2D eigenvalue weighted by molar-refractivity contribution is 6.18. The highest BCUT2D eigenvalue weighted by Gasteiger charge is 2.21. The van der Waals surface area contributed by atoms with Gasteiger partial charge in [-0.2, -0.15) is 0 Å². The molecule has 1 heterocycles. The zero-order valence-electron chi connectivity index (χ0n) is 18.7. The van der Waals surface area contributed by atoms with Crippen LogP contribution in [0.2, 0.25) is 0 Å². The van der Waals surface area contributed by atoms with Gasteiger partial charge in [-0.25, -0.2) is 9.78 Å². The highest BCUT2D eigenvalue weighted by atomic mass is 16.5. The summed E-state index contributed by atoms with van der Waals surface area (Å²) in [5, 5.41) is 5.09. The maximum absolute atomic E-state index is 13.2. The van der Waals surface area contributed by atoms with Crippen LogP contribution in [0.4, 0.5) is 0 Å². The Morgan fingerprint density at radius 2 is 1.29 bits per heavy atom.